The lowest BCUT2D eigenvalue weighted by Gasteiger charge is -2.23. The minimum absolute atomic E-state index is 0.265. The van der Waals surface area contributed by atoms with E-state index in [4.69, 9.17) is 23.2 Å². The number of hydrogen-bond acceptors (Lipinski definition) is 4. The highest BCUT2D eigenvalue weighted by Gasteiger charge is 2.16. The Morgan fingerprint density at radius 3 is 2.70 bits per heavy atom. The molecule has 4 rings (SSSR count). The number of carbonyl (C=O) groups is 1. The molecule has 3 aromatic rings. The van der Waals surface area contributed by atoms with Gasteiger partial charge in [0.05, 0.1) is 21.3 Å². The molecule has 0 aliphatic carbocycles. The number of benzene rings is 2. The molecule has 30 heavy (non-hydrogen) atoms. The standard InChI is InChI=1S/C23H22Cl2N4O/c24-20-8-5-16(14-19(20)22-4-1-2-10-27-22)28-23(30)18-7-6-17(15-21(18)25)29-12-3-9-26-11-13-29/h1-2,4-8,10,14-15,26H,3,9,11-13H2,(H,28,30). The van der Waals surface area contributed by atoms with Crippen molar-refractivity contribution in [3.05, 3.63) is 76.4 Å². The van der Waals surface area contributed by atoms with Gasteiger partial charge in [0.1, 0.15) is 0 Å². The average Bonchev–Trinajstić information content (AvgIpc) is 3.05. The first kappa shape index (κ1) is 20.7. The van der Waals surface area contributed by atoms with Gasteiger partial charge in [0, 0.05) is 42.8 Å². The maximum Gasteiger partial charge on any atom is 0.257 e. The summed E-state index contributed by atoms with van der Waals surface area (Å²) in [5.74, 6) is -0.265. The van der Waals surface area contributed by atoms with E-state index in [-0.39, 0.29) is 5.91 Å². The third-order valence-electron chi connectivity index (χ3n) is 5.07. The van der Waals surface area contributed by atoms with Gasteiger partial charge < -0.3 is 15.5 Å². The molecule has 1 aliphatic heterocycles. The Morgan fingerprint density at radius 2 is 1.90 bits per heavy atom. The summed E-state index contributed by atoms with van der Waals surface area (Å²) in [4.78, 5) is 19.5. The minimum Gasteiger partial charge on any atom is -0.370 e. The van der Waals surface area contributed by atoms with Crippen molar-refractivity contribution in [1.82, 2.24) is 10.3 Å². The fraction of sp³-hybridized carbons (Fsp3) is 0.217. The zero-order valence-electron chi connectivity index (χ0n) is 16.4. The number of carbonyl (C=O) groups excluding carboxylic acids is 1. The predicted molar refractivity (Wildman–Crippen MR) is 124 cm³/mol. The summed E-state index contributed by atoms with van der Waals surface area (Å²) in [5.41, 5.74) is 3.59. The second-order valence-corrected chi connectivity index (χ2v) is 7.93. The second kappa shape index (κ2) is 9.47. The lowest BCUT2D eigenvalue weighted by molar-refractivity contribution is 0.102. The summed E-state index contributed by atoms with van der Waals surface area (Å²) in [6, 6.07) is 16.5. The van der Waals surface area contributed by atoms with Crippen LogP contribution in [0.1, 0.15) is 16.8 Å². The summed E-state index contributed by atoms with van der Waals surface area (Å²) in [6.45, 7) is 3.85. The monoisotopic (exact) mass is 440 g/mol. The maximum atomic E-state index is 12.8. The second-order valence-electron chi connectivity index (χ2n) is 7.12. The molecule has 5 nitrogen and oxygen atoms in total. The molecule has 0 saturated carbocycles. The Bertz CT molecular complexity index is 1030. The lowest BCUT2D eigenvalue weighted by Crippen LogP contribution is -2.27. The minimum atomic E-state index is -0.265. The van der Waals surface area contributed by atoms with E-state index in [1.807, 2.05) is 36.4 Å². The van der Waals surface area contributed by atoms with Crippen molar-refractivity contribution in [2.75, 3.05) is 36.4 Å². The van der Waals surface area contributed by atoms with E-state index in [0.29, 0.717) is 21.3 Å². The molecule has 1 aliphatic rings. The molecule has 2 N–H and O–H groups in total. The Labute approximate surface area is 186 Å². The normalized spacial score (nSPS) is 14.3. The van der Waals surface area contributed by atoms with Crippen molar-refractivity contribution in [2.45, 2.75) is 6.42 Å². The number of nitrogens with one attached hydrogen (secondary N) is 2. The van der Waals surface area contributed by atoms with E-state index in [1.54, 1.807) is 24.4 Å². The Hall–Kier alpha value is -2.60. The number of anilines is 2. The SMILES string of the molecule is O=C(Nc1ccc(Cl)c(-c2ccccn2)c1)c1ccc(N2CCCNCC2)cc1Cl. The summed E-state index contributed by atoms with van der Waals surface area (Å²) in [6.07, 6.45) is 2.79. The molecule has 154 valence electrons. The molecule has 1 amide bonds. The molecule has 7 heteroatoms. The van der Waals surface area contributed by atoms with Crippen LogP contribution >= 0.6 is 23.2 Å². The smallest absolute Gasteiger partial charge is 0.257 e. The first-order valence-corrected chi connectivity index (χ1v) is 10.6. The number of aromatic nitrogens is 1. The molecule has 1 saturated heterocycles. The van der Waals surface area contributed by atoms with Crippen LogP contribution in [0.25, 0.3) is 11.3 Å². The van der Waals surface area contributed by atoms with Crippen LogP contribution in [0.5, 0.6) is 0 Å². The molecule has 1 fully saturated rings. The van der Waals surface area contributed by atoms with E-state index in [2.05, 4.69) is 20.5 Å². The highest BCUT2D eigenvalue weighted by Crippen LogP contribution is 2.30. The molecule has 0 radical (unpaired) electrons. The van der Waals surface area contributed by atoms with Gasteiger partial charge in [-0.25, -0.2) is 0 Å². The molecule has 2 aromatic carbocycles. The highest BCUT2D eigenvalue weighted by atomic mass is 35.5. The van der Waals surface area contributed by atoms with Crippen molar-refractivity contribution >= 4 is 40.5 Å². The number of nitrogens with zero attached hydrogens (tertiary/aromatic N) is 2. The van der Waals surface area contributed by atoms with E-state index < -0.39 is 0 Å². The summed E-state index contributed by atoms with van der Waals surface area (Å²) >= 11 is 12.8. The van der Waals surface area contributed by atoms with Crippen molar-refractivity contribution < 1.29 is 4.79 Å². The predicted octanol–water partition coefficient (Wildman–Crippen LogP) is 5.11. The quantitative estimate of drug-likeness (QED) is 0.591. The molecular formula is C23H22Cl2N4O. The van der Waals surface area contributed by atoms with Crippen LogP contribution in [-0.4, -0.2) is 37.1 Å². The van der Waals surface area contributed by atoms with E-state index >= 15 is 0 Å². The van der Waals surface area contributed by atoms with Gasteiger partial charge in [-0.1, -0.05) is 29.3 Å². The largest absolute Gasteiger partial charge is 0.370 e. The molecule has 0 atom stereocenters. The molecule has 1 aromatic heterocycles. The van der Waals surface area contributed by atoms with Crippen molar-refractivity contribution in [1.29, 1.82) is 0 Å². The van der Waals surface area contributed by atoms with E-state index in [0.717, 1.165) is 49.5 Å². The van der Waals surface area contributed by atoms with E-state index in [9.17, 15) is 4.79 Å². The lowest BCUT2D eigenvalue weighted by atomic mass is 10.1. The van der Waals surface area contributed by atoms with Gasteiger partial charge in [-0.05, 0) is 61.5 Å². The van der Waals surface area contributed by atoms with Crippen LogP contribution in [-0.2, 0) is 0 Å². The van der Waals surface area contributed by atoms with Crippen LogP contribution < -0.4 is 15.5 Å². The third-order valence-corrected chi connectivity index (χ3v) is 5.71. The number of hydrogen-bond donors (Lipinski definition) is 2. The molecular weight excluding hydrogens is 419 g/mol. The number of amides is 1. The molecule has 0 spiro atoms. The van der Waals surface area contributed by atoms with Crippen LogP contribution in [0.4, 0.5) is 11.4 Å². The van der Waals surface area contributed by atoms with E-state index in [1.165, 1.54) is 0 Å². The van der Waals surface area contributed by atoms with Crippen LogP contribution in [0.3, 0.4) is 0 Å². The van der Waals surface area contributed by atoms with Gasteiger partial charge in [-0.2, -0.15) is 0 Å². The summed E-state index contributed by atoms with van der Waals surface area (Å²) < 4.78 is 0. The molecule has 0 bridgehead atoms. The topological polar surface area (TPSA) is 57.3 Å². The van der Waals surface area contributed by atoms with Crippen LogP contribution in [0, 0.1) is 0 Å². The van der Waals surface area contributed by atoms with Crippen molar-refractivity contribution in [3.63, 3.8) is 0 Å². The van der Waals surface area contributed by atoms with Crippen molar-refractivity contribution in [2.24, 2.45) is 0 Å². The van der Waals surface area contributed by atoms with Crippen LogP contribution in [0.2, 0.25) is 10.0 Å². The Morgan fingerprint density at radius 1 is 1.00 bits per heavy atom. The number of halogens is 2. The van der Waals surface area contributed by atoms with Gasteiger partial charge in [-0.15, -0.1) is 0 Å². The number of pyridine rings is 1. The first-order valence-electron chi connectivity index (χ1n) is 9.89. The zero-order chi connectivity index (χ0) is 20.9. The summed E-state index contributed by atoms with van der Waals surface area (Å²) in [7, 11) is 0. The van der Waals surface area contributed by atoms with Gasteiger partial charge in [0.2, 0.25) is 0 Å². The summed E-state index contributed by atoms with van der Waals surface area (Å²) in [5, 5.41) is 7.30. The number of rotatable bonds is 4. The Kier molecular flexibility index (Phi) is 6.53. The van der Waals surface area contributed by atoms with Gasteiger partial charge >= 0.3 is 0 Å². The van der Waals surface area contributed by atoms with Crippen molar-refractivity contribution in [3.8, 4) is 11.3 Å². The average molecular weight is 441 g/mol. The van der Waals surface area contributed by atoms with Gasteiger partial charge in [0.25, 0.3) is 5.91 Å². The van der Waals surface area contributed by atoms with Crippen LogP contribution in [0.15, 0.2) is 60.8 Å². The maximum absolute atomic E-state index is 12.8. The Balaban J connectivity index is 1.53. The fourth-order valence-electron chi connectivity index (χ4n) is 3.51. The first-order chi connectivity index (χ1) is 14.6. The molecule has 2 heterocycles. The zero-order valence-corrected chi connectivity index (χ0v) is 17.9. The highest BCUT2D eigenvalue weighted by molar-refractivity contribution is 6.35. The molecule has 0 unspecified atom stereocenters. The third kappa shape index (κ3) is 4.75. The van der Waals surface area contributed by atoms with Gasteiger partial charge in [-0.3, -0.25) is 9.78 Å². The van der Waals surface area contributed by atoms with Gasteiger partial charge in [0.15, 0.2) is 0 Å². The fourth-order valence-corrected chi connectivity index (χ4v) is 3.98.